The molecule has 0 spiro atoms. The van der Waals surface area contributed by atoms with Crippen molar-refractivity contribution in [1.82, 2.24) is 9.97 Å². The van der Waals surface area contributed by atoms with Crippen molar-refractivity contribution in [2.75, 3.05) is 11.9 Å². The largest absolute Gasteiger partial charge is 0.476 e. The zero-order valence-corrected chi connectivity index (χ0v) is 11.1. The summed E-state index contributed by atoms with van der Waals surface area (Å²) in [6.07, 6.45) is 0. The van der Waals surface area contributed by atoms with Crippen LogP contribution in [0.2, 0.25) is 5.02 Å². The molecule has 7 heteroatoms. The van der Waals surface area contributed by atoms with Gasteiger partial charge in [0.2, 0.25) is 0 Å². The van der Waals surface area contributed by atoms with Crippen molar-refractivity contribution < 1.29 is 9.90 Å². The standard InChI is InChI=1S/C11H10ClN3O2S/c1-15(4-7-5-18-6-13-7)9-3-2-8(12)10(14-9)11(16)17/h2-3,5-6H,4H2,1H3,(H,16,17). The Morgan fingerprint density at radius 2 is 2.33 bits per heavy atom. The van der Waals surface area contributed by atoms with E-state index in [2.05, 4.69) is 9.97 Å². The third-order valence-corrected chi connectivity index (χ3v) is 3.25. The zero-order valence-electron chi connectivity index (χ0n) is 9.50. The number of aromatic nitrogens is 2. The fourth-order valence-electron chi connectivity index (χ4n) is 1.43. The first-order valence-corrected chi connectivity index (χ1v) is 6.38. The molecule has 0 aliphatic carbocycles. The molecule has 0 atom stereocenters. The Labute approximate surface area is 113 Å². The summed E-state index contributed by atoms with van der Waals surface area (Å²) in [4.78, 5) is 20.9. The average molecular weight is 284 g/mol. The Bertz CT molecular complexity index is 559. The molecule has 0 aliphatic rings. The second-order valence-electron chi connectivity index (χ2n) is 3.64. The third-order valence-electron chi connectivity index (χ3n) is 2.31. The van der Waals surface area contributed by atoms with E-state index < -0.39 is 5.97 Å². The van der Waals surface area contributed by atoms with Gasteiger partial charge in [-0.1, -0.05) is 11.6 Å². The van der Waals surface area contributed by atoms with Gasteiger partial charge in [0, 0.05) is 12.4 Å². The molecular formula is C11H10ClN3O2S. The first kappa shape index (κ1) is 12.8. The van der Waals surface area contributed by atoms with Crippen molar-refractivity contribution in [3.8, 4) is 0 Å². The van der Waals surface area contributed by atoms with Crippen molar-refractivity contribution in [2.24, 2.45) is 0 Å². The second-order valence-corrected chi connectivity index (χ2v) is 4.77. The van der Waals surface area contributed by atoms with Crippen LogP contribution in [0.15, 0.2) is 23.0 Å². The van der Waals surface area contributed by atoms with E-state index in [1.807, 2.05) is 17.3 Å². The zero-order chi connectivity index (χ0) is 13.1. The maximum atomic E-state index is 10.9. The summed E-state index contributed by atoms with van der Waals surface area (Å²) in [5.74, 6) is -0.589. The number of nitrogens with zero attached hydrogens (tertiary/aromatic N) is 3. The molecule has 2 rings (SSSR count). The van der Waals surface area contributed by atoms with Gasteiger partial charge in [0.25, 0.3) is 0 Å². The van der Waals surface area contributed by atoms with Gasteiger partial charge in [-0.2, -0.15) is 0 Å². The van der Waals surface area contributed by atoms with E-state index in [0.29, 0.717) is 12.4 Å². The van der Waals surface area contributed by atoms with E-state index in [1.165, 1.54) is 17.4 Å². The molecule has 18 heavy (non-hydrogen) atoms. The van der Waals surface area contributed by atoms with Crippen molar-refractivity contribution >= 4 is 34.7 Å². The first-order valence-electron chi connectivity index (χ1n) is 5.06. The molecule has 0 saturated carbocycles. The second kappa shape index (κ2) is 5.32. The van der Waals surface area contributed by atoms with Crippen LogP contribution in [0.25, 0.3) is 0 Å². The van der Waals surface area contributed by atoms with Gasteiger partial charge in [-0.15, -0.1) is 11.3 Å². The van der Waals surface area contributed by atoms with Crippen LogP contribution < -0.4 is 4.90 Å². The number of anilines is 1. The van der Waals surface area contributed by atoms with Gasteiger partial charge in [-0.3, -0.25) is 0 Å². The van der Waals surface area contributed by atoms with E-state index in [0.717, 1.165) is 5.69 Å². The van der Waals surface area contributed by atoms with E-state index in [1.54, 1.807) is 11.6 Å². The summed E-state index contributed by atoms with van der Waals surface area (Å²) in [7, 11) is 1.82. The van der Waals surface area contributed by atoms with Crippen LogP contribution in [0.1, 0.15) is 16.2 Å². The van der Waals surface area contributed by atoms with Crippen molar-refractivity contribution in [3.05, 3.63) is 39.4 Å². The molecule has 0 bridgehead atoms. The quantitative estimate of drug-likeness (QED) is 0.934. The number of carboxylic acids is 1. The smallest absolute Gasteiger partial charge is 0.356 e. The molecule has 0 aromatic carbocycles. The number of thiazole rings is 1. The van der Waals surface area contributed by atoms with Gasteiger partial charge in [-0.05, 0) is 12.1 Å². The molecule has 0 fully saturated rings. The molecule has 0 amide bonds. The molecular weight excluding hydrogens is 274 g/mol. The van der Waals surface area contributed by atoms with Crippen LogP contribution in [0.5, 0.6) is 0 Å². The molecule has 0 unspecified atom stereocenters. The van der Waals surface area contributed by atoms with Crippen LogP contribution in [-0.2, 0) is 6.54 Å². The summed E-state index contributed by atoms with van der Waals surface area (Å²) in [5, 5.41) is 11.0. The third kappa shape index (κ3) is 2.77. The molecule has 94 valence electrons. The molecule has 0 saturated heterocycles. The molecule has 0 aliphatic heterocycles. The topological polar surface area (TPSA) is 66.3 Å². The van der Waals surface area contributed by atoms with Crippen LogP contribution >= 0.6 is 22.9 Å². The van der Waals surface area contributed by atoms with E-state index in [9.17, 15) is 4.79 Å². The van der Waals surface area contributed by atoms with E-state index >= 15 is 0 Å². The highest BCUT2D eigenvalue weighted by Gasteiger charge is 2.13. The molecule has 1 N–H and O–H groups in total. The molecule has 2 heterocycles. The van der Waals surface area contributed by atoms with Gasteiger partial charge < -0.3 is 10.0 Å². The Hall–Kier alpha value is -1.66. The highest BCUT2D eigenvalue weighted by atomic mass is 35.5. The number of halogens is 1. The lowest BCUT2D eigenvalue weighted by atomic mass is 10.3. The summed E-state index contributed by atoms with van der Waals surface area (Å²) in [6.45, 7) is 0.567. The summed E-state index contributed by atoms with van der Waals surface area (Å²) in [5.41, 5.74) is 2.52. The Morgan fingerprint density at radius 3 is 2.94 bits per heavy atom. The van der Waals surface area contributed by atoms with Crippen LogP contribution in [-0.4, -0.2) is 28.1 Å². The predicted molar refractivity (Wildman–Crippen MR) is 70.4 cm³/mol. The van der Waals surface area contributed by atoms with Gasteiger partial charge >= 0.3 is 5.97 Å². The summed E-state index contributed by atoms with van der Waals surface area (Å²) < 4.78 is 0. The minimum absolute atomic E-state index is 0.133. The van der Waals surface area contributed by atoms with Gasteiger partial charge in [0.1, 0.15) is 5.82 Å². The fraction of sp³-hybridized carbons (Fsp3) is 0.182. The van der Waals surface area contributed by atoms with Gasteiger partial charge in [0.15, 0.2) is 5.69 Å². The Kier molecular flexibility index (Phi) is 3.78. The predicted octanol–water partition coefficient (Wildman–Crippen LogP) is 2.53. The Balaban J connectivity index is 2.22. The average Bonchev–Trinajstić information content (AvgIpc) is 2.81. The van der Waals surface area contributed by atoms with Crippen LogP contribution in [0.4, 0.5) is 5.82 Å². The van der Waals surface area contributed by atoms with Gasteiger partial charge in [-0.25, -0.2) is 14.8 Å². The minimum atomic E-state index is -1.14. The molecule has 2 aromatic rings. The number of rotatable bonds is 4. The minimum Gasteiger partial charge on any atom is -0.476 e. The van der Waals surface area contributed by atoms with E-state index in [4.69, 9.17) is 16.7 Å². The van der Waals surface area contributed by atoms with Crippen molar-refractivity contribution in [3.63, 3.8) is 0 Å². The molecule has 5 nitrogen and oxygen atoms in total. The lowest BCUT2D eigenvalue weighted by Gasteiger charge is -2.17. The number of aromatic carboxylic acids is 1. The SMILES string of the molecule is CN(Cc1cscn1)c1ccc(Cl)c(C(=O)O)n1. The van der Waals surface area contributed by atoms with E-state index in [-0.39, 0.29) is 10.7 Å². The van der Waals surface area contributed by atoms with Gasteiger partial charge in [0.05, 0.1) is 22.8 Å². The lowest BCUT2D eigenvalue weighted by Crippen LogP contribution is -2.19. The number of hydrogen-bond donors (Lipinski definition) is 1. The highest BCUT2D eigenvalue weighted by molar-refractivity contribution is 7.07. The fourth-order valence-corrected chi connectivity index (χ4v) is 2.17. The Morgan fingerprint density at radius 1 is 1.56 bits per heavy atom. The maximum Gasteiger partial charge on any atom is 0.356 e. The number of hydrogen-bond acceptors (Lipinski definition) is 5. The summed E-state index contributed by atoms with van der Waals surface area (Å²) >= 11 is 7.28. The maximum absolute atomic E-state index is 10.9. The van der Waals surface area contributed by atoms with Crippen molar-refractivity contribution in [1.29, 1.82) is 0 Å². The summed E-state index contributed by atoms with van der Waals surface area (Å²) in [6, 6.07) is 3.21. The first-order chi connectivity index (χ1) is 8.58. The highest BCUT2D eigenvalue weighted by Crippen LogP contribution is 2.19. The number of pyridine rings is 1. The molecule has 0 radical (unpaired) electrons. The molecule has 2 aromatic heterocycles. The number of carboxylic acid groups (broad SMARTS) is 1. The van der Waals surface area contributed by atoms with Crippen molar-refractivity contribution in [2.45, 2.75) is 6.54 Å². The lowest BCUT2D eigenvalue weighted by molar-refractivity contribution is 0.0691. The van der Waals surface area contributed by atoms with Crippen LogP contribution in [0, 0.1) is 0 Å². The number of carbonyl (C=O) groups is 1. The van der Waals surface area contributed by atoms with Crippen LogP contribution in [0.3, 0.4) is 0 Å². The normalized spacial score (nSPS) is 10.3. The monoisotopic (exact) mass is 283 g/mol.